The van der Waals surface area contributed by atoms with E-state index in [0.717, 1.165) is 0 Å². The second-order valence-corrected chi connectivity index (χ2v) is 5.51. The van der Waals surface area contributed by atoms with Gasteiger partial charge in [-0.1, -0.05) is 6.07 Å². The van der Waals surface area contributed by atoms with Gasteiger partial charge in [0.25, 0.3) is 0 Å². The fourth-order valence-electron chi connectivity index (χ4n) is 2.20. The highest BCUT2D eigenvalue weighted by molar-refractivity contribution is 7.99. The SMILES string of the molecule is COc1ccc(C2SC[C@@H](C(=O)O)N2C(C)=O)cc1O. The molecule has 6 nitrogen and oxygen atoms in total. The largest absolute Gasteiger partial charge is 0.504 e. The van der Waals surface area contributed by atoms with Gasteiger partial charge in [0.15, 0.2) is 11.5 Å². The van der Waals surface area contributed by atoms with Crippen LogP contribution < -0.4 is 4.74 Å². The van der Waals surface area contributed by atoms with Gasteiger partial charge in [0.1, 0.15) is 11.4 Å². The number of carbonyl (C=O) groups is 2. The summed E-state index contributed by atoms with van der Waals surface area (Å²) in [5.74, 6) is -0.698. The lowest BCUT2D eigenvalue weighted by Crippen LogP contribution is -2.41. The van der Waals surface area contributed by atoms with Crippen LogP contribution >= 0.6 is 11.8 Å². The van der Waals surface area contributed by atoms with E-state index in [1.54, 1.807) is 12.1 Å². The number of thioether (sulfide) groups is 1. The topological polar surface area (TPSA) is 87.1 Å². The molecule has 7 heteroatoms. The van der Waals surface area contributed by atoms with Crippen LogP contribution in [0, 0.1) is 0 Å². The Hall–Kier alpha value is -1.89. The zero-order valence-electron chi connectivity index (χ0n) is 11.1. The molecule has 0 spiro atoms. The molecule has 2 atom stereocenters. The number of aromatic hydroxyl groups is 1. The van der Waals surface area contributed by atoms with Crippen molar-refractivity contribution in [2.24, 2.45) is 0 Å². The van der Waals surface area contributed by atoms with Gasteiger partial charge in [0.2, 0.25) is 5.91 Å². The number of benzene rings is 1. The smallest absolute Gasteiger partial charge is 0.327 e. The monoisotopic (exact) mass is 297 g/mol. The van der Waals surface area contributed by atoms with Crippen molar-refractivity contribution in [3.8, 4) is 11.5 Å². The van der Waals surface area contributed by atoms with Crippen LogP contribution in [0.5, 0.6) is 11.5 Å². The lowest BCUT2D eigenvalue weighted by Gasteiger charge is -2.26. The Bertz CT molecular complexity index is 548. The summed E-state index contributed by atoms with van der Waals surface area (Å²) in [5, 5.41) is 18.5. The molecule has 0 aromatic heterocycles. The first-order chi connectivity index (χ1) is 9.45. The Labute approximate surface area is 120 Å². The number of aliphatic carboxylic acids is 1. The van der Waals surface area contributed by atoms with Crippen LogP contribution in [0.25, 0.3) is 0 Å². The number of ether oxygens (including phenoxy) is 1. The number of phenolic OH excluding ortho intramolecular Hbond substituents is 1. The van der Waals surface area contributed by atoms with E-state index >= 15 is 0 Å². The maximum atomic E-state index is 11.7. The Morgan fingerprint density at radius 1 is 1.45 bits per heavy atom. The van der Waals surface area contributed by atoms with Crippen molar-refractivity contribution in [3.63, 3.8) is 0 Å². The summed E-state index contributed by atoms with van der Waals surface area (Å²) in [6.45, 7) is 1.35. The van der Waals surface area contributed by atoms with Crippen molar-refractivity contribution < 1.29 is 24.5 Å². The molecule has 1 fully saturated rings. The van der Waals surface area contributed by atoms with Crippen molar-refractivity contribution in [2.45, 2.75) is 18.3 Å². The molecule has 1 aliphatic heterocycles. The molecule has 1 unspecified atom stereocenters. The van der Waals surface area contributed by atoms with E-state index in [1.807, 2.05) is 0 Å². The quantitative estimate of drug-likeness (QED) is 0.878. The number of carboxylic acids is 1. The van der Waals surface area contributed by atoms with Crippen LogP contribution in [0.1, 0.15) is 17.9 Å². The summed E-state index contributed by atoms with van der Waals surface area (Å²) in [6.07, 6.45) is 0. The number of amides is 1. The van der Waals surface area contributed by atoms with E-state index in [0.29, 0.717) is 17.1 Å². The number of carboxylic acid groups (broad SMARTS) is 1. The second kappa shape index (κ2) is 5.62. The lowest BCUT2D eigenvalue weighted by atomic mass is 10.1. The molecule has 0 saturated carbocycles. The fraction of sp³-hybridized carbons (Fsp3) is 0.385. The molecule has 20 heavy (non-hydrogen) atoms. The molecule has 1 amide bonds. The molecular weight excluding hydrogens is 282 g/mol. The molecule has 0 aliphatic carbocycles. The van der Waals surface area contributed by atoms with E-state index in [-0.39, 0.29) is 11.7 Å². The second-order valence-electron chi connectivity index (χ2n) is 4.40. The van der Waals surface area contributed by atoms with Crippen LogP contribution in [0.15, 0.2) is 18.2 Å². The first kappa shape index (κ1) is 14.5. The molecule has 1 heterocycles. The van der Waals surface area contributed by atoms with Gasteiger partial charge in [-0.15, -0.1) is 11.8 Å². The van der Waals surface area contributed by atoms with Gasteiger partial charge < -0.3 is 19.8 Å². The Kier molecular flexibility index (Phi) is 4.08. The Morgan fingerprint density at radius 2 is 2.15 bits per heavy atom. The van der Waals surface area contributed by atoms with Crippen molar-refractivity contribution in [3.05, 3.63) is 23.8 Å². The summed E-state index contributed by atoms with van der Waals surface area (Å²) in [5.41, 5.74) is 0.673. The van der Waals surface area contributed by atoms with Crippen molar-refractivity contribution in [2.75, 3.05) is 12.9 Å². The third-order valence-corrected chi connectivity index (χ3v) is 4.46. The average molecular weight is 297 g/mol. The summed E-state index contributed by atoms with van der Waals surface area (Å²) in [7, 11) is 1.45. The first-order valence-corrected chi connectivity index (χ1v) is 7.00. The number of carbonyl (C=O) groups excluding carboxylic acids is 1. The Morgan fingerprint density at radius 3 is 2.65 bits per heavy atom. The summed E-state index contributed by atoms with van der Waals surface area (Å²) >= 11 is 1.36. The van der Waals surface area contributed by atoms with Crippen LogP contribution in [-0.4, -0.2) is 45.9 Å². The molecule has 1 saturated heterocycles. The number of rotatable bonds is 3. The van der Waals surface area contributed by atoms with Crippen LogP contribution in [-0.2, 0) is 9.59 Å². The highest BCUT2D eigenvalue weighted by atomic mass is 32.2. The van der Waals surface area contributed by atoms with E-state index in [2.05, 4.69) is 0 Å². The number of phenols is 1. The zero-order valence-corrected chi connectivity index (χ0v) is 11.9. The first-order valence-electron chi connectivity index (χ1n) is 5.96. The van der Waals surface area contributed by atoms with Crippen LogP contribution in [0.3, 0.4) is 0 Å². The standard InChI is InChI=1S/C13H15NO5S/c1-7(15)14-9(13(17)18)6-20-12(14)8-3-4-11(19-2)10(16)5-8/h3-5,9,12,16H,6H2,1-2H3,(H,17,18)/t9-,12?/m0/s1. The van der Waals surface area contributed by atoms with E-state index < -0.39 is 17.4 Å². The molecular formula is C13H15NO5S. The molecule has 1 aromatic carbocycles. The molecule has 1 aromatic rings. The average Bonchev–Trinajstić information content (AvgIpc) is 2.83. The minimum absolute atomic E-state index is 0.0344. The highest BCUT2D eigenvalue weighted by Gasteiger charge is 2.41. The third-order valence-electron chi connectivity index (χ3n) is 3.14. The summed E-state index contributed by atoms with van der Waals surface area (Å²) in [4.78, 5) is 24.2. The fourth-order valence-corrected chi connectivity index (χ4v) is 3.66. The van der Waals surface area contributed by atoms with Gasteiger partial charge in [-0.25, -0.2) is 4.79 Å². The third kappa shape index (κ3) is 2.53. The van der Waals surface area contributed by atoms with E-state index in [1.165, 1.54) is 36.8 Å². The number of hydrogen-bond acceptors (Lipinski definition) is 5. The number of hydrogen-bond donors (Lipinski definition) is 2. The van der Waals surface area contributed by atoms with Gasteiger partial charge >= 0.3 is 5.97 Å². The molecule has 1 aliphatic rings. The van der Waals surface area contributed by atoms with Gasteiger partial charge in [-0.2, -0.15) is 0 Å². The van der Waals surface area contributed by atoms with Gasteiger partial charge in [0, 0.05) is 12.7 Å². The van der Waals surface area contributed by atoms with Crippen molar-refractivity contribution in [1.29, 1.82) is 0 Å². The lowest BCUT2D eigenvalue weighted by molar-refractivity contribution is -0.148. The number of nitrogens with zero attached hydrogens (tertiary/aromatic N) is 1. The number of methoxy groups -OCH3 is 1. The van der Waals surface area contributed by atoms with E-state index in [4.69, 9.17) is 9.84 Å². The predicted octanol–water partition coefficient (Wildman–Crippen LogP) is 1.45. The van der Waals surface area contributed by atoms with Gasteiger partial charge in [0.05, 0.1) is 7.11 Å². The van der Waals surface area contributed by atoms with Crippen molar-refractivity contribution in [1.82, 2.24) is 4.90 Å². The minimum atomic E-state index is -1.02. The minimum Gasteiger partial charge on any atom is -0.504 e. The molecule has 2 N–H and O–H groups in total. The highest BCUT2D eigenvalue weighted by Crippen LogP contribution is 2.43. The normalized spacial score (nSPS) is 21.8. The van der Waals surface area contributed by atoms with Crippen LogP contribution in [0.2, 0.25) is 0 Å². The maximum Gasteiger partial charge on any atom is 0.327 e. The predicted molar refractivity (Wildman–Crippen MR) is 73.8 cm³/mol. The molecule has 0 bridgehead atoms. The van der Waals surface area contributed by atoms with Gasteiger partial charge in [-0.3, -0.25) is 4.79 Å². The van der Waals surface area contributed by atoms with Crippen LogP contribution in [0.4, 0.5) is 0 Å². The molecule has 0 radical (unpaired) electrons. The maximum absolute atomic E-state index is 11.7. The summed E-state index contributed by atoms with van der Waals surface area (Å²) in [6, 6.07) is 3.97. The van der Waals surface area contributed by atoms with Gasteiger partial charge in [-0.05, 0) is 17.7 Å². The summed E-state index contributed by atoms with van der Waals surface area (Å²) < 4.78 is 4.96. The van der Waals surface area contributed by atoms with Crippen molar-refractivity contribution >= 4 is 23.6 Å². The molecule has 108 valence electrons. The van der Waals surface area contributed by atoms with E-state index in [9.17, 15) is 14.7 Å². The molecule has 2 rings (SSSR count). The zero-order chi connectivity index (χ0) is 14.9. The Balaban J connectivity index is 2.34.